The molecule has 30 heavy (non-hydrogen) atoms. The van der Waals surface area contributed by atoms with Gasteiger partial charge in [0.1, 0.15) is 0 Å². The topological polar surface area (TPSA) is 0 Å². The fraction of sp³-hybridized carbons (Fsp3) is 0.0345. The van der Waals surface area contributed by atoms with Gasteiger partial charge in [-0.2, -0.15) is 0 Å². The predicted molar refractivity (Wildman–Crippen MR) is 130 cm³/mol. The molecule has 0 atom stereocenters. The van der Waals surface area contributed by atoms with E-state index in [9.17, 15) is 0 Å². The van der Waals surface area contributed by atoms with Gasteiger partial charge in [-0.3, -0.25) is 0 Å². The number of thiophene rings is 1. The van der Waals surface area contributed by atoms with Crippen molar-refractivity contribution in [1.82, 2.24) is 0 Å². The van der Waals surface area contributed by atoms with E-state index < -0.39 is 0 Å². The van der Waals surface area contributed by atoms with Crippen LogP contribution in [0.1, 0.15) is 11.1 Å². The zero-order valence-corrected chi connectivity index (χ0v) is 17.0. The molecule has 5 aromatic carbocycles. The molecule has 8 rings (SSSR count). The van der Waals surface area contributed by atoms with Gasteiger partial charge in [0.2, 0.25) is 0 Å². The van der Waals surface area contributed by atoms with Crippen molar-refractivity contribution in [2.24, 2.45) is 0 Å². The molecule has 1 aromatic heterocycles. The minimum atomic E-state index is 1.03. The number of hydrogen-bond donors (Lipinski definition) is 0. The second kappa shape index (κ2) is 5.19. The lowest BCUT2D eigenvalue weighted by Crippen LogP contribution is -1.86. The van der Waals surface area contributed by atoms with Crippen LogP contribution in [0.4, 0.5) is 0 Å². The van der Waals surface area contributed by atoms with Crippen LogP contribution in [0.25, 0.3) is 64.3 Å². The zero-order valence-electron chi connectivity index (χ0n) is 16.2. The van der Waals surface area contributed by atoms with Crippen LogP contribution in [0.15, 0.2) is 84.9 Å². The first kappa shape index (κ1) is 15.4. The lowest BCUT2D eigenvalue weighted by Gasteiger charge is -2.10. The summed E-state index contributed by atoms with van der Waals surface area (Å²) in [6.07, 6.45) is 1.03. The fourth-order valence-corrected chi connectivity index (χ4v) is 7.09. The molecule has 0 unspecified atom stereocenters. The van der Waals surface area contributed by atoms with Crippen molar-refractivity contribution in [2.45, 2.75) is 6.42 Å². The summed E-state index contributed by atoms with van der Waals surface area (Å²) in [5, 5.41) is 5.65. The molecule has 0 amide bonds. The van der Waals surface area contributed by atoms with Crippen LogP contribution in [-0.4, -0.2) is 0 Å². The van der Waals surface area contributed by atoms with Crippen LogP contribution < -0.4 is 0 Å². The van der Waals surface area contributed by atoms with Crippen molar-refractivity contribution in [3.05, 3.63) is 96.1 Å². The van der Waals surface area contributed by atoms with E-state index in [0.717, 1.165) is 6.42 Å². The van der Waals surface area contributed by atoms with Gasteiger partial charge < -0.3 is 0 Å². The molecule has 0 fully saturated rings. The molecule has 0 saturated heterocycles. The highest BCUT2D eigenvalue weighted by atomic mass is 32.1. The number of benzene rings is 5. The van der Waals surface area contributed by atoms with Crippen LogP contribution in [0.3, 0.4) is 0 Å². The van der Waals surface area contributed by atoms with Crippen molar-refractivity contribution in [2.75, 3.05) is 0 Å². The van der Waals surface area contributed by atoms with Gasteiger partial charge >= 0.3 is 0 Å². The Morgan fingerprint density at radius 3 is 2.27 bits per heavy atom. The molecule has 0 saturated carbocycles. The summed E-state index contributed by atoms with van der Waals surface area (Å²) in [6.45, 7) is 0. The Kier molecular flexibility index (Phi) is 2.67. The number of rotatable bonds is 0. The van der Waals surface area contributed by atoms with Crippen LogP contribution in [0.5, 0.6) is 0 Å². The largest absolute Gasteiger partial charge is 0.135 e. The average molecular weight is 397 g/mol. The highest BCUT2D eigenvalue weighted by Crippen LogP contribution is 2.54. The molecule has 0 spiro atoms. The third-order valence-corrected chi connectivity index (χ3v) is 8.25. The van der Waals surface area contributed by atoms with E-state index in [2.05, 4.69) is 84.9 Å². The lowest BCUT2D eigenvalue weighted by atomic mass is 9.94. The summed E-state index contributed by atoms with van der Waals surface area (Å²) in [6, 6.07) is 31.8. The summed E-state index contributed by atoms with van der Waals surface area (Å²) in [7, 11) is 0. The minimum Gasteiger partial charge on any atom is -0.135 e. The summed E-state index contributed by atoms with van der Waals surface area (Å²) >= 11 is 1.95. The second-order valence-electron chi connectivity index (χ2n) is 8.48. The normalized spacial score (nSPS) is 13.2. The third-order valence-electron chi connectivity index (χ3n) is 7.05. The molecule has 0 nitrogen and oxygen atoms in total. The second-order valence-corrected chi connectivity index (χ2v) is 9.53. The molecular formula is C29H16S. The van der Waals surface area contributed by atoms with Crippen LogP contribution in [-0.2, 0) is 6.42 Å². The van der Waals surface area contributed by atoms with Gasteiger partial charge in [-0.05, 0) is 68.3 Å². The van der Waals surface area contributed by atoms with E-state index in [0.29, 0.717) is 0 Å². The summed E-state index contributed by atoms with van der Waals surface area (Å²) in [5.41, 5.74) is 11.4. The molecule has 1 heterocycles. The summed E-state index contributed by atoms with van der Waals surface area (Å²) < 4.78 is 2.83. The highest BCUT2D eigenvalue weighted by molar-refractivity contribution is 7.26. The van der Waals surface area contributed by atoms with Crippen LogP contribution in [0, 0.1) is 0 Å². The van der Waals surface area contributed by atoms with Gasteiger partial charge in [-0.1, -0.05) is 72.8 Å². The van der Waals surface area contributed by atoms with Gasteiger partial charge in [0.15, 0.2) is 0 Å². The molecule has 138 valence electrons. The Balaban J connectivity index is 1.55. The first-order chi connectivity index (χ1) is 14.9. The maximum atomic E-state index is 2.49. The van der Waals surface area contributed by atoms with Crippen molar-refractivity contribution >= 4 is 42.3 Å². The lowest BCUT2D eigenvalue weighted by molar-refractivity contribution is 1.29. The van der Waals surface area contributed by atoms with E-state index in [4.69, 9.17) is 0 Å². The smallest absolute Gasteiger partial charge is 0.0436 e. The summed E-state index contributed by atoms with van der Waals surface area (Å²) in [4.78, 5) is 0. The van der Waals surface area contributed by atoms with Crippen molar-refractivity contribution in [1.29, 1.82) is 0 Å². The highest BCUT2D eigenvalue weighted by Gasteiger charge is 2.29. The van der Waals surface area contributed by atoms with E-state index in [1.165, 1.54) is 75.5 Å². The quantitative estimate of drug-likeness (QED) is 0.241. The SMILES string of the molecule is c1ccc2c(c1)-c1cccc3c4c(cc-2c13)-c1c(ccc2c1sc1ccccc12)C4. The molecule has 0 bridgehead atoms. The Morgan fingerprint density at radius 1 is 0.567 bits per heavy atom. The predicted octanol–water partition coefficient (Wildman–Crippen LogP) is 8.43. The average Bonchev–Trinajstić information content (AvgIpc) is 3.45. The minimum absolute atomic E-state index is 1.03. The van der Waals surface area contributed by atoms with E-state index >= 15 is 0 Å². The maximum absolute atomic E-state index is 2.49. The maximum Gasteiger partial charge on any atom is 0.0436 e. The van der Waals surface area contributed by atoms with Gasteiger partial charge in [-0.25, -0.2) is 0 Å². The monoisotopic (exact) mass is 396 g/mol. The van der Waals surface area contributed by atoms with Crippen molar-refractivity contribution in [3.63, 3.8) is 0 Å². The van der Waals surface area contributed by atoms with E-state index in [1.807, 2.05) is 11.3 Å². The van der Waals surface area contributed by atoms with Crippen LogP contribution >= 0.6 is 11.3 Å². The van der Waals surface area contributed by atoms with Gasteiger partial charge in [0.05, 0.1) is 0 Å². The standard InChI is InChI=1S/C29H16S/c1-2-7-18-17(6-1)20-9-5-10-21-23-14-16-12-13-22-19-8-3-4-11-26(19)30-29(22)27(16)25(23)15-24(18)28(20)21/h1-13,15H,14H2. The number of fused-ring (bicyclic) bond motifs is 11. The van der Waals surface area contributed by atoms with E-state index in [-0.39, 0.29) is 0 Å². The molecule has 2 aliphatic rings. The first-order valence-corrected chi connectivity index (χ1v) is 11.3. The molecule has 0 aliphatic heterocycles. The van der Waals surface area contributed by atoms with Crippen LogP contribution in [0.2, 0.25) is 0 Å². The Morgan fingerprint density at radius 2 is 1.33 bits per heavy atom. The first-order valence-electron chi connectivity index (χ1n) is 10.5. The molecule has 0 radical (unpaired) electrons. The Bertz CT molecular complexity index is 1710. The van der Waals surface area contributed by atoms with Gasteiger partial charge in [0, 0.05) is 25.7 Å². The Hall–Kier alpha value is -3.42. The molecule has 0 N–H and O–H groups in total. The summed E-state index contributed by atoms with van der Waals surface area (Å²) in [5.74, 6) is 0. The molecular weight excluding hydrogens is 380 g/mol. The van der Waals surface area contributed by atoms with E-state index in [1.54, 1.807) is 0 Å². The van der Waals surface area contributed by atoms with Crippen molar-refractivity contribution < 1.29 is 0 Å². The van der Waals surface area contributed by atoms with Gasteiger partial charge in [0.25, 0.3) is 0 Å². The molecule has 6 aromatic rings. The fourth-order valence-electron chi connectivity index (χ4n) is 5.81. The zero-order chi connectivity index (χ0) is 19.4. The van der Waals surface area contributed by atoms with Crippen molar-refractivity contribution in [3.8, 4) is 33.4 Å². The molecule has 2 aliphatic carbocycles. The third kappa shape index (κ3) is 1.70. The van der Waals surface area contributed by atoms with Gasteiger partial charge in [-0.15, -0.1) is 11.3 Å². The Labute approximate surface area is 178 Å². The number of hydrogen-bond acceptors (Lipinski definition) is 1. The molecule has 1 heteroatoms.